The smallest absolute Gasteiger partial charge is 0.337 e. The van der Waals surface area contributed by atoms with Gasteiger partial charge in [0.15, 0.2) is 17.2 Å². The molecule has 31 heavy (non-hydrogen) atoms. The van der Waals surface area contributed by atoms with Crippen LogP contribution in [0.2, 0.25) is 0 Å². The van der Waals surface area contributed by atoms with Gasteiger partial charge in [-0.2, -0.15) is 0 Å². The second-order valence-electron chi connectivity index (χ2n) is 7.02. The van der Waals surface area contributed by atoms with Crippen molar-refractivity contribution in [3.05, 3.63) is 86.4 Å². The molecular weight excluding hydrogens is 424 g/mol. The van der Waals surface area contributed by atoms with Gasteiger partial charge in [0.05, 0.1) is 17.2 Å². The van der Waals surface area contributed by atoms with Crippen LogP contribution in [0.5, 0.6) is 0 Å². The molecule has 0 spiro atoms. The van der Waals surface area contributed by atoms with E-state index in [1.807, 2.05) is 13.8 Å². The lowest BCUT2D eigenvalue weighted by molar-refractivity contribution is 0.0698. The van der Waals surface area contributed by atoms with Gasteiger partial charge in [0.25, 0.3) is 0 Å². The average Bonchev–Trinajstić information content (AvgIpc) is 3.07. The SMILES string of the molecule is Cc1sc2c(=O)cc(-c3cccc(F)c3F)oc2c1C(C)Nc1ccccc1C(=O)O. The Balaban J connectivity index is 1.84. The Kier molecular flexibility index (Phi) is 5.32. The standard InChI is InChI=1S/C23H17F2NO4S/c1-11(26-16-9-4-3-6-13(16)23(28)29)19-12(2)31-22-17(27)10-18(30-21(19)22)14-7-5-8-15(24)20(14)25/h3-11,26H,1-2H3,(H,28,29). The number of carboxylic acid groups (broad SMARTS) is 1. The second-order valence-corrected chi connectivity index (χ2v) is 8.25. The number of fused-ring (bicyclic) bond motifs is 1. The van der Waals surface area contributed by atoms with Gasteiger partial charge in [0.2, 0.25) is 5.43 Å². The second kappa shape index (κ2) is 7.96. The zero-order valence-corrected chi connectivity index (χ0v) is 17.3. The molecule has 0 saturated carbocycles. The van der Waals surface area contributed by atoms with Crippen molar-refractivity contribution in [1.29, 1.82) is 0 Å². The van der Waals surface area contributed by atoms with Crippen LogP contribution < -0.4 is 10.7 Å². The molecule has 2 N–H and O–H groups in total. The molecule has 5 nitrogen and oxygen atoms in total. The van der Waals surface area contributed by atoms with Crippen LogP contribution in [-0.2, 0) is 0 Å². The molecule has 8 heteroatoms. The number of hydrogen-bond donors (Lipinski definition) is 2. The summed E-state index contributed by atoms with van der Waals surface area (Å²) in [6.07, 6.45) is 0. The molecule has 0 aliphatic rings. The lowest BCUT2D eigenvalue weighted by Crippen LogP contribution is -2.11. The average molecular weight is 441 g/mol. The van der Waals surface area contributed by atoms with Gasteiger partial charge in [0.1, 0.15) is 10.5 Å². The summed E-state index contributed by atoms with van der Waals surface area (Å²) in [5, 5.41) is 12.6. The van der Waals surface area contributed by atoms with Crippen LogP contribution in [0.4, 0.5) is 14.5 Å². The molecule has 1 unspecified atom stereocenters. The van der Waals surface area contributed by atoms with Crippen LogP contribution in [0, 0.1) is 18.6 Å². The third-order valence-corrected chi connectivity index (χ3v) is 6.08. The van der Waals surface area contributed by atoms with Gasteiger partial charge in [-0.3, -0.25) is 4.79 Å². The molecule has 0 aliphatic heterocycles. The number of hydrogen-bond acceptors (Lipinski definition) is 5. The Hall–Kier alpha value is -3.52. The topological polar surface area (TPSA) is 79.5 Å². The van der Waals surface area contributed by atoms with E-state index < -0.39 is 23.6 Å². The van der Waals surface area contributed by atoms with Gasteiger partial charge in [-0.05, 0) is 38.1 Å². The van der Waals surface area contributed by atoms with E-state index in [2.05, 4.69) is 5.32 Å². The van der Waals surface area contributed by atoms with Crippen molar-refractivity contribution in [2.75, 3.05) is 5.32 Å². The molecule has 0 radical (unpaired) electrons. The minimum absolute atomic E-state index is 0.0771. The van der Waals surface area contributed by atoms with E-state index in [1.165, 1.54) is 29.5 Å². The minimum Gasteiger partial charge on any atom is -0.478 e. The maximum Gasteiger partial charge on any atom is 0.337 e. The maximum atomic E-state index is 14.3. The molecule has 2 aromatic carbocycles. The number of benzene rings is 2. The summed E-state index contributed by atoms with van der Waals surface area (Å²) in [5.74, 6) is -3.29. The fraction of sp³-hybridized carbons (Fsp3) is 0.130. The molecule has 0 bridgehead atoms. The highest BCUT2D eigenvalue weighted by atomic mass is 32.1. The van der Waals surface area contributed by atoms with Crippen molar-refractivity contribution < 1.29 is 23.1 Å². The maximum absolute atomic E-state index is 14.3. The van der Waals surface area contributed by atoms with Gasteiger partial charge in [-0.25, -0.2) is 13.6 Å². The number of thiophene rings is 1. The zero-order valence-electron chi connectivity index (χ0n) is 16.5. The number of aryl methyl sites for hydroxylation is 1. The molecule has 0 amide bonds. The number of carboxylic acids is 1. The summed E-state index contributed by atoms with van der Waals surface area (Å²) < 4.78 is 34.2. The number of rotatable bonds is 5. The van der Waals surface area contributed by atoms with Crippen molar-refractivity contribution in [3.63, 3.8) is 0 Å². The number of aromatic carboxylic acids is 1. The van der Waals surface area contributed by atoms with Gasteiger partial charge in [-0.1, -0.05) is 18.2 Å². The number of halogens is 2. The Morgan fingerprint density at radius 3 is 2.65 bits per heavy atom. The van der Waals surface area contributed by atoms with Gasteiger partial charge in [-0.15, -0.1) is 11.3 Å². The van der Waals surface area contributed by atoms with E-state index in [-0.39, 0.29) is 27.9 Å². The lowest BCUT2D eigenvalue weighted by atomic mass is 10.1. The minimum atomic E-state index is -1.10. The summed E-state index contributed by atoms with van der Waals surface area (Å²) in [4.78, 5) is 25.0. The van der Waals surface area contributed by atoms with E-state index >= 15 is 0 Å². The highest BCUT2D eigenvalue weighted by Crippen LogP contribution is 2.37. The summed E-state index contributed by atoms with van der Waals surface area (Å²) in [6, 6.07) is 10.9. The van der Waals surface area contributed by atoms with Gasteiger partial charge in [0, 0.05) is 22.2 Å². The summed E-state index contributed by atoms with van der Waals surface area (Å²) >= 11 is 1.24. The molecule has 158 valence electrons. The summed E-state index contributed by atoms with van der Waals surface area (Å²) in [7, 11) is 0. The van der Waals surface area contributed by atoms with Crippen LogP contribution in [0.25, 0.3) is 21.6 Å². The van der Waals surface area contributed by atoms with Crippen LogP contribution in [-0.4, -0.2) is 11.1 Å². The van der Waals surface area contributed by atoms with E-state index in [0.717, 1.165) is 17.0 Å². The number of anilines is 1. The first-order chi connectivity index (χ1) is 14.8. The Labute approximate surface area is 179 Å². The molecule has 4 aromatic rings. The van der Waals surface area contributed by atoms with Crippen molar-refractivity contribution in [2.45, 2.75) is 19.9 Å². The molecule has 2 aromatic heterocycles. The first kappa shape index (κ1) is 20.7. The Morgan fingerprint density at radius 1 is 1.16 bits per heavy atom. The summed E-state index contributed by atoms with van der Waals surface area (Å²) in [5.41, 5.74) is 0.923. The summed E-state index contributed by atoms with van der Waals surface area (Å²) in [6.45, 7) is 3.63. The highest BCUT2D eigenvalue weighted by Gasteiger charge is 2.23. The van der Waals surface area contributed by atoms with Gasteiger partial charge >= 0.3 is 5.97 Å². The van der Waals surface area contributed by atoms with E-state index in [9.17, 15) is 23.5 Å². The van der Waals surface area contributed by atoms with Crippen LogP contribution in [0.1, 0.15) is 33.8 Å². The van der Waals surface area contributed by atoms with E-state index in [0.29, 0.717) is 16.0 Å². The predicted molar refractivity (Wildman–Crippen MR) is 116 cm³/mol. The normalized spacial score (nSPS) is 12.1. The first-order valence-corrected chi connectivity index (χ1v) is 10.2. The Bertz CT molecular complexity index is 1380. The molecule has 2 heterocycles. The molecule has 4 rings (SSSR count). The quantitative estimate of drug-likeness (QED) is 0.398. The third kappa shape index (κ3) is 3.70. The van der Waals surface area contributed by atoms with Crippen molar-refractivity contribution in [2.24, 2.45) is 0 Å². The van der Waals surface area contributed by atoms with E-state index in [1.54, 1.807) is 18.2 Å². The van der Waals surface area contributed by atoms with Gasteiger partial charge < -0.3 is 14.8 Å². The first-order valence-electron chi connectivity index (χ1n) is 9.38. The van der Waals surface area contributed by atoms with Crippen molar-refractivity contribution >= 4 is 33.3 Å². The predicted octanol–water partition coefficient (Wildman–Crippen LogP) is 5.98. The van der Waals surface area contributed by atoms with E-state index in [4.69, 9.17) is 4.42 Å². The third-order valence-electron chi connectivity index (χ3n) is 4.96. The van der Waals surface area contributed by atoms with Crippen LogP contribution in [0.3, 0.4) is 0 Å². The number of para-hydroxylation sites is 1. The molecule has 0 saturated heterocycles. The Morgan fingerprint density at radius 2 is 1.90 bits per heavy atom. The lowest BCUT2D eigenvalue weighted by Gasteiger charge is -2.17. The van der Waals surface area contributed by atoms with Crippen molar-refractivity contribution in [1.82, 2.24) is 0 Å². The number of nitrogens with one attached hydrogen (secondary N) is 1. The zero-order chi connectivity index (χ0) is 22.3. The fourth-order valence-corrected chi connectivity index (χ4v) is 4.64. The fourth-order valence-electron chi connectivity index (χ4n) is 3.55. The molecule has 1 atom stereocenters. The van der Waals surface area contributed by atoms with Crippen LogP contribution in [0.15, 0.2) is 57.7 Å². The van der Waals surface area contributed by atoms with Crippen LogP contribution >= 0.6 is 11.3 Å². The van der Waals surface area contributed by atoms with Crippen molar-refractivity contribution in [3.8, 4) is 11.3 Å². The largest absolute Gasteiger partial charge is 0.478 e. The molecule has 0 fully saturated rings. The highest BCUT2D eigenvalue weighted by molar-refractivity contribution is 7.19. The monoisotopic (exact) mass is 441 g/mol. The molecular formula is C23H17F2NO4S. The number of carbonyl (C=O) groups is 1. The molecule has 0 aliphatic carbocycles.